The molecule has 0 aliphatic carbocycles. The van der Waals surface area contributed by atoms with Gasteiger partial charge in [-0.1, -0.05) is 18.2 Å². The molecule has 0 saturated carbocycles. The lowest BCUT2D eigenvalue weighted by molar-refractivity contribution is 0.377. The van der Waals surface area contributed by atoms with Crippen LogP contribution in [0.25, 0.3) is 0 Å². The van der Waals surface area contributed by atoms with Crippen LogP contribution >= 0.6 is 0 Å². The summed E-state index contributed by atoms with van der Waals surface area (Å²) in [6.07, 6.45) is 2.44. The lowest BCUT2D eigenvalue weighted by Crippen LogP contribution is -2.39. The topological polar surface area (TPSA) is 72.8 Å². The Labute approximate surface area is 117 Å². The number of guanidine groups is 1. The van der Waals surface area contributed by atoms with Crippen LogP contribution in [0.3, 0.4) is 0 Å². The lowest BCUT2D eigenvalue weighted by Gasteiger charge is -2.27. The van der Waals surface area contributed by atoms with Crippen LogP contribution in [-0.2, 0) is 0 Å². The first-order valence-corrected chi connectivity index (χ1v) is 6.54. The van der Waals surface area contributed by atoms with Crippen molar-refractivity contribution in [3.8, 4) is 5.75 Å². The zero-order chi connectivity index (χ0) is 13.9. The Morgan fingerprint density at radius 2 is 2.15 bits per heavy atom. The van der Waals surface area contributed by atoms with Gasteiger partial charge in [-0.3, -0.25) is 0 Å². The summed E-state index contributed by atoms with van der Waals surface area (Å²) in [6.45, 7) is 0. The number of nitrogens with zero attached hydrogens (tertiary/aromatic N) is 1. The average molecular weight is 271 g/mol. The van der Waals surface area contributed by atoms with Gasteiger partial charge in [-0.2, -0.15) is 0 Å². The second kappa shape index (κ2) is 5.28. The van der Waals surface area contributed by atoms with Gasteiger partial charge in [0.05, 0.1) is 25.5 Å². The highest BCUT2D eigenvalue weighted by Crippen LogP contribution is 2.36. The number of furan rings is 1. The molecule has 5 nitrogen and oxygen atoms in total. The van der Waals surface area contributed by atoms with E-state index < -0.39 is 0 Å². The highest BCUT2D eigenvalue weighted by molar-refractivity contribution is 5.79. The van der Waals surface area contributed by atoms with Gasteiger partial charge in [0, 0.05) is 12.0 Å². The molecule has 0 fully saturated rings. The number of ether oxygens (including phenoxy) is 1. The Morgan fingerprint density at radius 1 is 1.30 bits per heavy atom. The first-order chi connectivity index (χ1) is 9.78. The fourth-order valence-electron chi connectivity index (χ4n) is 2.53. The summed E-state index contributed by atoms with van der Waals surface area (Å²) in [5, 5.41) is 3.15. The molecule has 0 bridgehead atoms. The van der Waals surface area contributed by atoms with Crippen molar-refractivity contribution in [3.05, 3.63) is 54.0 Å². The maximum Gasteiger partial charge on any atom is 0.189 e. The fourth-order valence-corrected chi connectivity index (χ4v) is 2.53. The summed E-state index contributed by atoms with van der Waals surface area (Å²) in [7, 11) is 1.66. The molecular formula is C15H17N3O2. The van der Waals surface area contributed by atoms with Gasteiger partial charge in [0.25, 0.3) is 0 Å². The third kappa shape index (κ3) is 2.34. The van der Waals surface area contributed by atoms with Gasteiger partial charge < -0.3 is 20.2 Å². The Kier molecular flexibility index (Phi) is 3.33. The molecule has 1 aliphatic heterocycles. The number of hydrogen-bond donors (Lipinski definition) is 2. The van der Waals surface area contributed by atoms with E-state index in [9.17, 15) is 0 Å². The highest BCUT2D eigenvalue weighted by atomic mass is 16.5. The van der Waals surface area contributed by atoms with Gasteiger partial charge in [0.15, 0.2) is 5.96 Å². The van der Waals surface area contributed by atoms with Crippen molar-refractivity contribution in [2.45, 2.75) is 18.5 Å². The van der Waals surface area contributed by atoms with Gasteiger partial charge in [-0.15, -0.1) is 0 Å². The average Bonchev–Trinajstić information content (AvgIpc) is 3.01. The zero-order valence-electron chi connectivity index (χ0n) is 11.2. The van der Waals surface area contributed by atoms with Crippen molar-refractivity contribution in [2.75, 3.05) is 7.11 Å². The predicted octanol–water partition coefficient (Wildman–Crippen LogP) is 2.38. The van der Waals surface area contributed by atoms with E-state index in [2.05, 4.69) is 10.3 Å². The summed E-state index contributed by atoms with van der Waals surface area (Å²) in [4.78, 5) is 4.48. The molecule has 3 rings (SSSR count). The standard InChI is InChI=1S/C15H17N3O2/c1-19-13-6-3-2-5-10(13)11-9-12(18-15(16)17-11)14-7-4-8-20-14/h2-8,11-12H,9H2,1H3,(H3,16,17,18). The molecule has 2 unspecified atom stereocenters. The predicted molar refractivity (Wildman–Crippen MR) is 76.6 cm³/mol. The molecule has 20 heavy (non-hydrogen) atoms. The minimum atomic E-state index is -0.0394. The fraction of sp³-hybridized carbons (Fsp3) is 0.267. The molecule has 0 spiro atoms. The molecule has 104 valence electrons. The van der Waals surface area contributed by atoms with Crippen molar-refractivity contribution in [1.29, 1.82) is 0 Å². The zero-order valence-corrected chi connectivity index (χ0v) is 11.2. The van der Waals surface area contributed by atoms with Gasteiger partial charge in [0.2, 0.25) is 0 Å². The Morgan fingerprint density at radius 3 is 2.90 bits per heavy atom. The lowest BCUT2D eigenvalue weighted by atomic mass is 9.96. The number of nitrogens with one attached hydrogen (secondary N) is 1. The monoisotopic (exact) mass is 271 g/mol. The van der Waals surface area contributed by atoms with Gasteiger partial charge in [-0.25, -0.2) is 4.99 Å². The normalized spacial score (nSPS) is 21.9. The van der Waals surface area contributed by atoms with Crippen LogP contribution in [0.15, 0.2) is 52.1 Å². The summed E-state index contributed by atoms with van der Waals surface area (Å²) in [5.41, 5.74) is 6.94. The van der Waals surface area contributed by atoms with Gasteiger partial charge >= 0.3 is 0 Å². The summed E-state index contributed by atoms with van der Waals surface area (Å²) >= 11 is 0. The van der Waals surface area contributed by atoms with Crippen molar-refractivity contribution >= 4 is 5.96 Å². The second-order valence-corrected chi connectivity index (χ2v) is 4.72. The maximum absolute atomic E-state index is 5.91. The Balaban J connectivity index is 1.92. The molecule has 5 heteroatoms. The van der Waals surface area contributed by atoms with Crippen LogP contribution < -0.4 is 15.8 Å². The number of methoxy groups -OCH3 is 1. The van der Waals surface area contributed by atoms with Gasteiger partial charge in [0.1, 0.15) is 11.5 Å². The summed E-state index contributed by atoms with van der Waals surface area (Å²) in [5.74, 6) is 2.12. The Hall–Kier alpha value is -2.43. The molecule has 2 heterocycles. The van der Waals surface area contributed by atoms with Crippen LogP contribution in [-0.4, -0.2) is 13.1 Å². The van der Waals surface area contributed by atoms with E-state index in [1.807, 2.05) is 36.4 Å². The van der Waals surface area contributed by atoms with Crippen LogP contribution in [0, 0.1) is 0 Å². The van der Waals surface area contributed by atoms with Crippen molar-refractivity contribution in [3.63, 3.8) is 0 Å². The van der Waals surface area contributed by atoms with Crippen molar-refractivity contribution < 1.29 is 9.15 Å². The van der Waals surface area contributed by atoms with Crippen LogP contribution in [0.2, 0.25) is 0 Å². The van der Waals surface area contributed by atoms with Crippen LogP contribution in [0.5, 0.6) is 5.75 Å². The first kappa shape index (κ1) is 12.6. The molecule has 2 aromatic rings. The number of hydrogen-bond acceptors (Lipinski definition) is 5. The van der Waals surface area contributed by atoms with E-state index in [1.165, 1.54) is 0 Å². The highest BCUT2D eigenvalue weighted by Gasteiger charge is 2.27. The maximum atomic E-state index is 5.91. The molecule has 1 aromatic carbocycles. The summed E-state index contributed by atoms with van der Waals surface area (Å²) < 4.78 is 10.9. The molecule has 3 N–H and O–H groups in total. The molecule has 1 aromatic heterocycles. The minimum absolute atomic E-state index is 0.0254. The number of rotatable bonds is 3. The minimum Gasteiger partial charge on any atom is -0.496 e. The van der Waals surface area contributed by atoms with Crippen molar-refractivity contribution in [2.24, 2.45) is 10.7 Å². The molecule has 1 aliphatic rings. The summed E-state index contributed by atoms with van der Waals surface area (Å²) in [6, 6.07) is 11.7. The quantitative estimate of drug-likeness (QED) is 0.899. The molecule has 0 amide bonds. The molecule has 0 saturated heterocycles. The van der Waals surface area contributed by atoms with E-state index in [1.54, 1.807) is 13.4 Å². The van der Waals surface area contributed by atoms with E-state index in [0.717, 1.165) is 23.5 Å². The third-order valence-corrected chi connectivity index (χ3v) is 3.46. The first-order valence-electron chi connectivity index (χ1n) is 6.54. The van der Waals surface area contributed by atoms with Crippen LogP contribution in [0.1, 0.15) is 29.8 Å². The van der Waals surface area contributed by atoms with E-state index >= 15 is 0 Å². The Bertz CT molecular complexity index is 607. The molecule has 0 radical (unpaired) electrons. The van der Waals surface area contributed by atoms with Crippen molar-refractivity contribution in [1.82, 2.24) is 5.32 Å². The molecule has 2 atom stereocenters. The van der Waals surface area contributed by atoms with Crippen LogP contribution in [0.4, 0.5) is 0 Å². The second-order valence-electron chi connectivity index (χ2n) is 4.72. The molecular weight excluding hydrogens is 254 g/mol. The number of aliphatic imine (C=N–C) groups is 1. The number of para-hydroxylation sites is 1. The van der Waals surface area contributed by atoms with Gasteiger partial charge in [-0.05, 0) is 18.2 Å². The number of benzene rings is 1. The SMILES string of the molecule is COc1ccccc1C1CC(c2ccco2)NC(N)=N1. The van der Waals surface area contributed by atoms with E-state index in [-0.39, 0.29) is 12.1 Å². The van der Waals surface area contributed by atoms with E-state index in [4.69, 9.17) is 14.9 Å². The third-order valence-electron chi connectivity index (χ3n) is 3.46. The number of nitrogens with two attached hydrogens (primary N) is 1. The smallest absolute Gasteiger partial charge is 0.189 e. The largest absolute Gasteiger partial charge is 0.496 e. The van der Waals surface area contributed by atoms with E-state index in [0.29, 0.717) is 5.96 Å².